The fourth-order valence-corrected chi connectivity index (χ4v) is 2.71. The maximum atomic E-state index is 11.8. The smallest absolute Gasteiger partial charge is 0.310 e. The van der Waals surface area contributed by atoms with E-state index in [-0.39, 0.29) is 17.4 Å². The van der Waals surface area contributed by atoms with Crippen molar-refractivity contribution in [2.45, 2.75) is 31.7 Å². The number of esters is 1. The molecule has 0 radical (unpaired) electrons. The lowest BCUT2D eigenvalue weighted by Gasteiger charge is -2.37. The topological polar surface area (TPSA) is 47.6 Å². The van der Waals surface area contributed by atoms with Gasteiger partial charge in [0.15, 0.2) is 0 Å². The lowest BCUT2D eigenvalue weighted by atomic mass is 9.79. The highest BCUT2D eigenvalue weighted by Gasteiger charge is 2.47. The number of hydrogen-bond acceptors (Lipinski definition) is 4. The van der Waals surface area contributed by atoms with Gasteiger partial charge in [-0.15, -0.1) is 0 Å². The van der Waals surface area contributed by atoms with Crippen molar-refractivity contribution in [1.82, 2.24) is 5.32 Å². The number of nitrogens with one attached hydrogen (secondary N) is 1. The molecular formula is C11H19NO3. The average molecular weight is 213 g/mol. The summed E-state index contributed by atoms with van der Waals surface area (Å²) in [5.74, 6) is -0.00856. The maximum absolute atomic E-state index is 11.8. The zero-order valence-corrected chi connectivity index (χ0v) is 9.25. The van der Waals surface area contributed by atoms with Gasteiger partial charge in [-0.1, -0.05) is 0 Å². The van der Waals surface area contributed by atoms with Crippen LogP contribution in [0.3, 0.4) is 0 Å². The van der Waals surface area contributed by atoms with Crippen LogP contribution in [0, 0.1) is 5.92 Å². The SMILES string of the molecule is CCOC(=O)C1CCNC12CCOCC2. The molecule has 1 spiro atoms. The summed E-state index contributed by atoms with van der Waals surface area (Å²) in [6.45, 7) is 4.76. The second-order valence-corrected chi connectivity index (χ2v) is 4.29. The van der Waals surface area contributed by atoms with E-state index in [4.69, 9.17) is 9.47 Å². The van der Waals surface area contributed by atoms with Crippen LogP contribution in [-0.2, 0) is 14.3 Å². The summed E-state index contributed by atoms with van der Waals surface area (Å²) in [5, 5.41) is 3.48. The first-order valence-electron chi connectivity index (χ1n) is 5.78. The lowest BCUT2D eigenvalue weighted by Crippen LogP contribution is -2.51. The summed E-state index contributed by atoms with van der Waals surface area (Å²) in [5.41, 5.74) is -0.0372. The van der Waals surface area contributed by atoms with E-state index in [0.29, 0.717) is 6.61 Å². The Balaban J connectivity index is 2.06. The highest BCUT2D eigenvalue weighted by Crippen LogP contribution is 2.36. The third-order valence-corrected chi connectivity index (χ3v) is 3.53. The fourth-order valence-electron chi connectivity index (χ4n) is 2.71. The highest BCUT2D eigenvalue weighted by molar-refractivity contribution is 5.74. The Hall–Kier alpha value is -0.610. The molecule has 0 saturated carbocycles. The summed E-state index contributed by atoms with van der Waals surface area (Å²) in [7, 11) is 0. The molecule has 2 fully saturated rings. The molecule has 0 bridgehead atoms. The monoisotopic (exact) mass is 213 g/mol. The third kappa shape index (κ3) is 2.01. The second-order valence-electron chi connectivity index (χ2n) is 4.29. The molecule has 0 aromatic rings. The van der Waals surface area contributed by atoms with Gasteiger partial charge in [0.05, 0.1) is 12.5 Å². The quantitative estimate of drug-likeness (QED) is 0.686. The van der Waals surface area contributed by atoms with E-state index in [1.165, 1.54) is 0 Å². The molecule has 4 nitrogen and oxygen atoms in total. The number of ether oxygens (including phenoxy) is 2. The minimum Gasteiger partial charge on any atom is -0.466 e. The Labute approximate surface area is 90.3 Å². The summed E-state index contributed by atoms with van der Waals surface area (Å²) in [6, 6.07) is 0. The van der Waals surface area contributed by atoms with Gasteiger partial charge in [0.1, 0.15) is 0 Å². The molecule has 1 N–H and O–H groups in total. The van der Waals surface area contributed by atoms with Crippen LogP contribution in [0.2, 0.25) is 0 Å². The van der Waals surface area contributed by atoms with Crippen molar-refractivity contribution in [2.24, 2.45) is 5.92 Å². The molecule has 86 valence electrons. The molecule has 4 heteroatoms. The Morgan fingerprint density at radius 2 is 2.27 bits per heavy atom. The maximum Gasteiger partial charge on any atom is 0.310 e. The molecular weight excluding hydrogens is 194 g/mol. The van der Waals surface area contributed by atoms with Crippen molar-refractivity contribution in [3.63, 3.8) is 0 Å². The Bertz CT molecular complexity index is 236. The van der Waals surface area contributed by atoms with Crippen molar-refractivity contribution >= 4 is 5.97 Å². The van der Waals surface area contributed by atoms with Gasteiger partial charge in [0, 0.05) is 18.8 Å². The molecule has 0 aromatic carbocycles. The normalized spacial score (nSPS) is 29.3. The minimum atomic E-state index is -0.0376. The minimum absolute atomic E-state index is 0.0290. The van der Waals surface area contributed by atoms with Gasteiger partial charge in [-0.05, 0) is 32.7 Å². The van der Waals surface area contributed by atoms with Crippen molar-refractivity contribution in [2.75, 3.05) is 26.4 Å². The van der Waals surface area contributed by atoms with E-state index in [9.17, 15) is 4.79 Å². The molecule has 2 aliphatic heterocycles. The first-order chi connectivity index (χ1) is 7.28. The average Bonchev–Trinajstić information content (AvgIpc) is 2.63. The first-order valence-corrected chi connectivity index (χ1v) is 5.78. The number of rotatable bonds is 2. The highest BCUT2D eigenvalue weighted by atomic mass is 16.5. The molecule has 2 heterocycles. The van der Waals surface area contributed by atoms with Gasteiger partial charge in [-0.2, -0.15) is 0 Å². The van der Waals surface area contributed by atoms with Crippen LogP contribution in [0.15, 0.2) is 0 Å². The van der Waals surface area contributed by atoms with Crippen molar-refractivity contribution in [1.29, 1.82) is 0 Å². The number of carbonyl (C=O) groups excluding carboxylic acids is 1. The van der Waals surface area contributed by atoms with Crippen LogP contribution in [0.1, 0.15) is 26.2 Å². The van der Waals surface area contributed by atoms with E-state index in [1.807, 2.05) is 6.92 Å². The Kier molecular flexibility index (Phi) is 3.26. The molecule has 0 aromatic heterocycles. The largest absolute Gasteiger partial charge is 0.466 e. The first kappa shape index (κ1) is 10.9. The van der Waals surface area contributed by atoms with Gasteiger partial charge in [-0.3, -0.25) is 4.79 Å². The fraction of sp³-hybridized carbons (Fsp3) is 0.909. The van der Waals surface area contributed by atoms with Gasteiger partial charge in [0.25, 0.3) is 0 Å². The summed E-state index contributed by atoms with van der Waals surface area (Å²) < 4.78 is 10.5. The molecule has 2 aliphatic rings. The standard InChI is InChI=1S/C11H19NO3/c1-2-15-10(13)9-3-6-12-11(9)4-7-14-8-5-11/h9,12H,2-8H2,1H3. The predicted molar refractivity (Wildman–Crippen MR) is 55.5 cm³/mol. The zero-order valence-electron chi connectivity index (χ0n) is 9.25. The third-order valence-electron chi connectivity index (χ3n) is 3.53. The molecule has 15 heavy (non-hydrogen) atoms. The van der Waals surface area contributed by atoms with Crippen molar-refractivity contribution in [3.8, 4) is 0 Å². The van der Waals surface area contributed by atoms with Gasteiger partial charge in [0.2, 0.25) is 0 Å². The van der Waals surface area contributed by atoms with Crippen LogP contribution >= 0.6 is 0 Å². The Morgan fingerprint density at radius 3 is 2.93 bits per heavy atom. The number of carbonyl (C=O) groups is 1. The van der Waals surface area contributed by atoms with Crippen LogP contribution in [-0.4, -0.2) is 37.9 Å². The van der Waals surface area contributed by atoms with Crippen LogP contribution in [0.25, 0.3) is 0 Å². The molecule has 1 atom stereocenters. The van der Waals surface area contributed by atoms with E-state index in [2.05, 4.69) is 5.32 Å². The summed E-state index contributed by atoms with van der Waals surface area (Å²) in [4.78, 5) is 11.8. The van der Waals surface area contributed by atoms with E-state index in [0.717, 1.165) is 39.0 Å². The second kappa shape index (κ2) is 4.49. The van der Waals surface area contributed by atoms with Crippen molar-refractivity contribution < 1.29 is 14.3 Å². The van der Waals surface area contributed by atoms with E-state index < -0.39 is 0 Å². The summed E-state index contributed by atoms with van der Waals surface area (Å²) in [6.07, 6.45) is 2.76. The molecule has 0 aliphatic carbocycles. The van der Waals surface area contributed by atoms with Crippen LogP contribution < -0.4 is 5.32 Å². The molecule has 2 saturated heterocycles. The Morgan fingerprint density at radius 1 is 1.53 bits per heavy atom. The van der Waals surface area contributed by atoms with Crippen LogP contribution in [0.5, 0.6) is 0 Å². The summed E-state index contributed by atoms with van der Waals surface area (Å²) >= 11 is 0. The van der Waals surface area contributed by atoms with Gasteiger partial charge in [-0.25, -0.2) is 0 Å². The van der Waals surface area contributed by atoms with Crippen LogP contribution in [0.4, 0.5) is 0 Å². The van der Waals surface area contributed by atoms with Gasteiger partial charge >= 0.3 is 5.97 Å². The van der Waals surface area contributed by atoms with E-state index in [1.54, 1.807) is 0 Å². The lowest BCUT2D eigenvalue weighted by molar-refractivity contribution is -0.151. The zero-order chi connectivity index (χ0) is 10.7. The van der Waals surface area contributed by atoms with Crippen molar-refractivity contribution in [3.05, 3.63) is 0 Å². The number of hydrogen-bond donors (Lipinski definition) is 1. The predicted octanol–water partition coefficient (Wildman–Crippen LogP) is 0.708. The molecule has 2 rings (SSSR count). The van der Waals surface area contributed by atoms with Gasteiger partial charge < -0.3 is 14.8 Å². The molecule has 1 unspecified atom stereocenters. The van der Waals surface area contributed by atoms with E-state index >= 15 is 0 Å². The molecule has 0 amide bonds.